The Morgan fingerprint density at radius 3 is 2.76 bits per heavy atom. The second-order valence-electron chi connectivity index (χ2n) is 9.54. The molecular weight excluding hydrogens is 515 g/mol. The normalized spacial score (nSPS) is 16.5. The standard InChI is InChI=1S/C28H32ClFN2O4S/c1-36-20-6-7-24-22(17-20)26(23(29)18-31-24)25(33)8-9-28(27(34)35)10-13-32(14-11-28)12-3-15-37-21-5-2-4-19(30)16-21/h2,4-7,16-18,25,33H,3,8-15H2,1H3,(H,34,35)/t25-/m0/s1. The van der Waals surface area contributed by atoms with E-state index in [2.05, 4.69) is 9.88 Å². The van der Waals surface area contributed by atoms with Crippen molar-refractivity contribution in [3.63, 3.8) is 0 Å². The molecule has 6 nitrogen and oxygen atoms in total. The topological polar surface area (TPSA) is 82.9 Å². The maximum Gasteiger partial charge on any atom is 0.309 e. The van der Waals surface area contributed by atoms with Crippen molar-refractivity contribution in [2.75, 3.05) is 32.5 Å². The molecule has 37 heavy (non-hydrogen) atoms. The van der Waals surface area contributed by atoms with Gasteiger partial charge in [0.05, 0.1) is 29.2 Å². The summed E-state index contributed by atoms with van der Waals surface area (Å²) < 4.78 is 18.7. The van der Waals surface area contributed by atoms with E-state index in [0.717, 1.165) is 23.6 Å². The summed E-state index contributed by atoms with van der Waals surface area (Å²) in [4.78, 5) is 19.9. The number of aliphatic hydroxyl groups is 1. The molecule has 0 unspecified atom stereocenters. The summed E-state index contributed by atoms with van der Waals surface area (Å²) in [7, 11) is 1.57. The van der Waals surface area contributed by atoms with Crippen LogP contribution in [0.15, 0.2) is 53.6 Å². The molecule has 0 saturated carbocycles. The summed E-state index contributed by atoms with van der Waals surface area (Å²) in [5.41, 5.74) is 0.372. The minimum Gasteiger partial charge on any atom is -0.497 e. The van der Waals surface area contributed by atoms with Crippen LogP contribution in [-0.2, 0) is 4.79 Å². The third-order valence-corrected chi connectivity index (χ3v) is 8.63. The van der Waals surface area contributed by atoms with Crippen LogP contribution in [0, 0.1) is 11.2 Å². The van der Waals surface area contributed by atoms with Gasteiger partial charge in [-0.05, 0) is 93.9 Å². The highest BCUT2D eigenvalue weighted by Gasteiger charge is 2.41. The maximum atomic E-state index is 13.3. The van der Waals surface area contributed by atoms with Crippen LogP contribution in [0.2, 0.25) is 5.02 Å². The van der Waals surface area contributed by atoms with E-state index in [9.17, 15) is 19.4 Å². The molecule has 2 aromatic carbocycles. The highest BCUT2D eigenvalue weighted by atomic mass is 35.5. The lowest BCUT2D eigenvalue weighted by Gasteiger charge is -2.39. The Kier molecular flexibility index (Phi) is 9.29. The Morgan fingerprint density at radius 1 is 1.27 bits per heavy atom. The first-order chi connectivity index (χ1) is 17.8. The minimum atomic E-state index is -0.917. The average Bonchev–Trinajstić information content (AvgIpc) is 2.90. The number of carbonyl (C=O) groups is 1. The summed E-state index contributed by atoms with van der Waals surface area (Å²) in [6.45, 7) is 2.27. The molecule has 0 spiro atoms. The van der Waals surface area contributed by atoms with Gasteiger partial charge in [0.25, 0.3) is 0 Å². The number of carboxylic acids is 1. The first-order valence-electron chi connectivity index (χ1n) is 12.5. The first-order valence-corrected chi connectivity index (χ1v) is 13.8. The van der Waals surface area contributed by atoms with Crippen LogP contribution in [0.3, 0.4) is 0 Å². The molecule has 1 aromatic heterocycles. The molecule has 198 valence electrons. The van der Waals surface area contributed by atoms with Gasteiger partial charge in [-0.3, -0.25) is 9.78 Å². The van der Waals surface area contributed by atoms with E-state index in [1.807, 2.05) is 12.1 Å². The lowest BCUT2D eigenvalue weighted by atomic mass is 9.74. The Morgan fingerprint density at radius 2 is 2.05 bits per heavy atom. The number of carboxylic acid groups (broad SMARTS) is 1. The van der Waals surface area contributed by atoms with Crippen LogP contribution >= 0.6 is 23.4 Å². The first kappa shape index (κ1) is 27.6. The van der Waals surface area contributed by atoms with E-state index in [-0.39, 0.29) is 12.2 Å². The molecule has 0 amide bonds. The van der Waals surface area contributed by atoms with E-state index < -0.39 is 17.5 Å². The van der Waals surface area contributed by atoms with Crippen molar-refractivity contribution in [3.8, 4) is 5.75 Å². The van der Waals surface area contributed by atoms with Gasteiger partial charge in [-0.15, -0.1) is 11.8 Å². The monoisotopic (exact) mass is 546 g/mol. The number of fused-ring (bicyclic) bond motifs is 1. The predicted octanol–water partition coefficient (Wildman–Crippen LogP) is 6.20. The zero-order valence-electron chi connectivity index (χ0n) is 20.8. The zero-order valence-corrected chi connectivity index (χ0v) is 22.4. The van der Waals surface area contributed by atoms with Crippen molar-refractivity contribution < 1.29 is 24.1 Å². The summed E-state index contributed by atoms with van der Waals surface area (Å²) >= 11 is 8.06. The number of aliphatic hydroxyl groups excluding tert-OH is 1. The molecule has 1 fully saturated rings. The zero-order chi connectivity index (χ0) is 26.4. The van der Waals surface area contributed by atoms with Gasteiger partial charge in [-0.25, -0.2) is 4.39 Å². The van der Waals surface area contributed by atoms with Gasteiger partial charge in [-0.1, -0.05) is 17.7 Å². The molecule has 4 rings (SSSR count). The number of benzene rings is 2. The molecule has 0 aliphatic carbocycles. The second-order valence-corrected chi connectivity index (χ2v) is 11.1. The van der Waals surface area contributed by atoms with Crippen molar-refractivity contribution in [1.29, 1.82) is 0 Å². The van der Waals surface area contributed by atoms with Crippen LogP contribution in [0.25, 0.3) is 10.9 Å². The maximum absolute atomic E-state index is 13.3. The number of hydrogen-bond donors (Lipinski definition) is 2. The number of halogens is 2. The molecule has 1 aliphatic rings. The van der Waals surface area contributed by atoms with E-state index in [0.29, 0.717) is 59.6 Å². The smallest absolute Gasteiger partial charge is 0.309 e. The number of methoxy groups -OCH3 is 1. The molecule has 1 aliphatic heterocycles. The quantitative estimate of drug-likeness (QED) is 0.219. The number of ether oxygens (including phenoxy) is 1. The van der Waals surface area contributed by atoms with Crippen LogP contribution in [0.5, 0.6) is 5.75 Å². The van der Waals surface area contributed by atoms with Crippen molar-refractivity contribution >= 4 is 40.2 Å². The van der Waals surface area contributed by atoms with E-state index >= 15 is 0 Å². The lowest BCUT2D eigenvalue weighted by Crippen LogP contribution is -2.44. The summed E-state index contributed by atoms with van der Waals surface area (Å²) in [6, 6.07) is 12.0. The minimum absolute atomic E-state index is 0.227. The van der Waals surface area contributed by atoms with Crippen LogP contribution in [0.1, 0.15) is 43.8 Å². The van der Waals surface area contributed by atoms with Crippen molar-refractivity contribution in [2.24, 2.45) is 5.41 Å². The van der Waals surface area contributed by atoms with E-state index in [1.54, 1.807) is 43.1 Å². The number of hydrogen-bond acceptors (Lipinski definition) is 6. The van der Waals surface area contributed by atoms with Crippen LogP contribution in [-0.4, -0.2) is 58.6 Å². The molecule has 0 bridgehead atoms. The summed E-state index contributed by atoms with van der Waals surface area (Å²) in [5, 5.41) is 22.3. The third-order valence-electron chi connectivity index (χ3n) is 7.25. The van der Waals surface area contributed by atoms with E-state index in [4.69, 9.17) is 16.3 Å². The van der Waals surface area contributed by atoms with Gasteiger partial charge < -0.3 is 19.8 Å². The molecule has 0 radical (unpaired) electrons. The molecule has 1 saturated heterocycles. The number of rotatable bonds is 11. The fourth-order valence-corrected chi connectivity index (χ4v) is 6.16. The van der Waals surface area contributed by atoms with Gasteiger partial charge >= 0.3 is 5.97 Å². The fourth-order valence-electron chi connectivity index (χ4n) is 5.00. The lowest BCUT2D eigenvalue weighted by molar-refractivity contribution is -0.153. The predicted molar refractivity (Wildman–Crippen MR) is 145 cm³/mol. The summed E-state index contributed by atoms with van der Waals surface area (Å²) in [5.74, 6) is 0.471. The SMILES string of the molecule is COc1ccc2ncc(Cl)c([C@@H](O)CCC3(C(=O)O)CCN(CCCSc4cccc(F)c4)CC3)c2c1. The highest BCUT2D eigenvalue weighted by Crippen LogP contribution is 2.41. The summed E-state index contributed by atoms with van der Waals surface area (Å²) in [6.07, 6.45) is 3.25. The molecule has 1 atom stereocenters. The number of nitrogens with zero attached hydrogens (tertiary/aromatic N) is 2. The van der Waals surface area contributed by atoms with Gasteiger partial charge in [-0.2, -0.15) is 0 Å². The van der Waals surface area contributed by atoms with Crippen molar-refractivity contribution in [3.05, 3.63) is 65.1 Å². The number of aromatic nitrogens is 1. The van der Waals surface area contributed by atoms with Gasteiger partial charge in [0.2, 0.25) is 0 Å². The number of piperidine rings is 1. The molecule has 9 heteroatoms. The van der Waals surface area contributed by atoms with Gasteiger partial charge in [0, 0.05) is 22.0 Å². The van der Waals surface area contributed by atoms with Crippen LogP contribution < -0.4 is 4.74 Å². The Bertz CT molecular complexity index is 1240. The third kappa shape index (κ3) is 6.74. The second kappa shape index (κ2) is 12.4. The van der Waals surface area contributed by atoms with Crippen molar-refractivity contribution in [2.45, 2.75) is 43.1 Å². The van der Waals surface area contributed by atoms with Crippen LogP contribution in [0.4, 0.5) is 4.39 Å². The Balaban J connectivity index is 1.33. The Labute approximate surface area is 225 Å². The molecule has 2 N–H and O–H groups in total. The van der Waals surface area contributed by atoms with Gasteiger partial charge in [0.15, 0.2) is 0 Å². The van der Waals surface area contributed by atoms with E-state index in [1.165, 1.54) is 12.3 Å². The molecule has 2 heterocycles. The number of thioether (sulfide) groups is 1. The molecule has 3 aromatic rings. The van der Waals surface area contributed by atoms with Crippen molar-refractivity contribution in [1.82, 2.24) is 9.88 Å². The number of aliphatic carboxylic acids is 1. The number of likely N-dealkylation sites (tertiary alicyclic amines) is 1. The number of pyridine rings is 1. The largest absolute Gasteiger partial charge is 0.497 e. The van der Waals surface area contributed by atoms with Gasteiger partial charge in [0.1, 0.15) is 11.6 Å². The Hall–Kier alpha value is -2.39. The molecular formula is C28H32ClFN2O4S. The fraction of sp³-hybridized carbons (Fsp3) is 0.429. The average molecular weight is 547 g/mol. The highest BCUT2D eigenvalue weighted by molar-refractivity contribution is 7.99.